The summed E-state index contributed by atoms with van der Waals surface area (Å²) in [5.74, 6) is 1.03. The summed E-state index contributed by atoms with van der Waals surface area (Å²) in [6.45, 7) is 1.85. The zero-order valence-corrected chi connectivity index (χ0v) is 15.7. The molecular formula is C20H22N6O2. The molecule has 1 spiro atoms. The van der Waals surface area contributed by atoms with Crippen molar-refractivity contribution < 1.29 is 4.79 Å². The van der Waals surface area contributed by atoms with E-state index in [9.17, 15) is 9.59 Å². The van der Waals surface area contributed by atoms with Crippen molar-refractivity contribution in [1.29, 1.82) is 0 Å². The smallest absolute Gasteiger partial charge is 0.277 e. The topological polar surface area (TPSA) is 115 Å². The number of anilines is 3. The van der Waals surface area contributed by atoms with Crippen molar-refractivity contribution in [2.45, 2.75) is 44.7 Å². The molecule has 4 N–H and O–H groups in total. The Balaban J connectivity index is 1.68. The Hall–Kier alpha value is -3.16. The molecule has 1 saturated carbocycles. The summed E-state index contributed by atoms with van der Waals surface area (Å²) in [6, 6.07) is 3.27. The number of carbonyl (C=O) groups is 1. The van der Waals surface area contributed by atoms with E-state index in [1.54, 1.807) is 16.7 Å². The average molecular weight is 378 g/mol. The number of nitrogens with two attached hydrogens (primary N) is 1. The van der Waals surface area contributed by atoms with Gasteiger partial charge in [-0.3, -0.25) is 14.2 Å². The maximum absolute atomic E-state index is 13.5. The van der Waals surface area contributed by atoms with E-state index < -0.39 is 5.66 Å². The molecule has 0 aromatic carbocycles. The quantitative estimate of drug-likeness (QED) is 0.705. The van der Waals surface area contributed by atoms with Gasteiger partial charge in [0.05, 0.1) is 0 Å². The lowest BCUT2D eigenvalue weighted by Gasteiger charge is -2.37. The molecule has 1 atom stereocenters. The number of nitrogens with zero attached hydrogens (tertiary/aromatic N) is 3. The van der Waals surface area contributed by atoms with E-state index in [1.165, 1.54) is 11.9 Å². The molecule has 1 aliphatic heterocycles. The second-order valence-electron chi connectivity index (χ2n) is 7.82. The molecule has 0 saturated heterocycles. The number of rotatable bonds is 3. The number of aromatic nitrogens is 3. The van der Waals surface area contributed by atoms with E-state index in [4.69, 9.17) is 5.73 Å². The molecule has 0 radical (unpaired) electrons. The van der Waals surface area contributed by atoms with Crippen LogP contribution in [0.15, 0.2) is 34.9 Å². The molecule has 1 unspecified atom stereocenters. The summed E-state index contributed by atoms with van der Waals surface area (Å²) in [6.07, 6.45) is 8.46. The number of nitrogens with one attached hydrogen (secondary N) is 2. The lowest BCUT2D eigenvalue weighted by atomic mass is 9.84. The number of pyridine rings is 1. The van der Waals surface area contributed by atoms with Gasteiger partial charge in [0.15, 0.2) is 0 Å². The Labute approximate surface area is 161 Å². The first kappa shape index (κ1) is 17.0. The van der Waals surface area contributed by atoms with Crippen LogP contribution in [0.3, 0.4) is 0 Å². The Kier molecular flexibility index (Phi) is 3.59. The predicted octanol–water partition coefficient (Wildman–Crippen LogP) is 2.19. The molecule has 144 valence electrons. The van der Waals surface area contributed by atoms with Crippen molar-refractivity contribution in [2.75, 3.05) is 11.1 Å². The molecule has 5 rings (SSSR count). The normalized spacial score (nSPS) is 23.3. The van der Waals surface area contributed by atoms with E-state index >= 15 is 0 Å². The van der Waals surface area contributed by atoms with Crippen LogP contribution in [0.4, 0.5) is 17.3 Å². The number of fused-ring (bicyclic) bond motifs is 2. The Morgan fingerprint density at radius 1 is 1.29 bits per heavy atom. The van der Waals surface area contributed by atoms with Gasteiger partial charge in [-0.05, 0) is 62.1 Å². The van der Waals surface area contributed by atoms with Gasteiger partial charge in [-0.15, -0.1) is 0 Å². The van der Waals surface area contributed by atoms with Crippen LogP contribution in [-0.4, -0.2) is 20.4 Å². The van der Waals surface area contributed by atoms with Crippen LogP contribution in [0, 0.1) is 12.8 Å². The lowest BCUT2D eigenvalue weighted by Crippen LogP contribution is -2.50. The van der Waals surface area contributed by atoms with Crippen molar-refractivity contribution >= 4 is 23.2 Å². The highest BCUT2D eigenvalue weighted by Crippen LogP contribution is 2.49. The highest BCUT2D eigenvalue weighted by molar-refractivity contribution is 5.97. The van der Waals surface area contributed by atoms with Gasteiger partial charge in [0.2, 0.25) is 0 Å². The van der Waals surface area contributed by atoms with E-state index in [0.29, 0.717) is 28.9 Å². The highest BCUT2D eigenvalue weighted by atomic mass is 16.2. The monoisotopic (exact) mass is 378 g/mol. The third-order valence-electron chi connectivity index (χ3n) is 5.86. The number of aryl methyl sites for hydroxylation is 1. The standard InChI is InChI=1S/C20H22N6O2/c1-11-8-14(24-16-9-15(21)22-10-23-16)19(28)26-17(11)18(27)25-20(26)7-3-2-4-13(20)12-5-6-12/h4,8-10,12H,2-3,5-7H2,1H3,(H,25,27)(H3,21,22,23,24). The van der Waals surface area contributed by atoms with Gasteiger partial charge in [0, 0.05) is 6.07 Å². The van der Waals surface area contributed by atoms with Crippen LogP contribution >= 0.6 is 0 Å². The summed E-state index contributed by atoms with van der Waals surface area (Å²) >= 11 is 0. The fourth-order valence-electron chi connectivity index (χ4n) is 4.56. The van der Waals surface area contributed by atoms with Crippen molar-refractivity contribution in [1.82, 2.24) is 19.9 Å². The van der Waals surface area contributed by atoms with Gasteiger partial charge in [-0.2, -0.15) is 0 Å². The third-order valence-corrected chi connectivity index (χ3v) is 5.86. The van der Waals surface area contributed by atoms with Crippen LogP contribution in [0.2, 0.25) is 0 Å². The Morgan fingerprint density at radius 3 is 2.86 bits per heavy atom. The third kappa shape index (κ3) is 2.44. The Bertz CT molecular complexity index is 1080. The van der Waals surface area contributed by atoms with Crippen molar-refractivity contribution in [2.24, 2.45) is 5.92 Å². The van der Waals surface area contributed by atoms with Crippen LogP contribution in [0.25, 0.3) is 0 Å². The van der Waals surface area contributed by atoms with Crippen LogP contribution in [-0.2, 0) is 5.66 Å². The number of carbonyl (C=O) groups excluding carboxylic acids is 1. The van der Waals surface area contributed by atoms with E-state index in [2.05, 4.69) is 26.7 Å². The van der Waals surface area contributed by atoms with Crippen molar-refractivity contribution in [3.8, 4) is 0 Å². The van der Waals surface area contributed by atoms with E-state index in [-0.39, 0.29) is 11.5 Å². The number of amides is 1. The van der Waals surface area contributed by atoms with Crippen LogP contribution < -0.4 is 21.9 Å². The average Bonchev–Trinajstić information content (AvgIpc) is 3.45. The fraction of sp³-hybridized carbons (Fsp3) is 0.400. The lowest BCUT2D eigenvalue weighted by molar-refractivity contribution is 0.0923. The van der Waals surface area contributed by atoms with Gasteiger partial charge < -0.3 is 16.4 Å². The molecule has 1 amide bonds. The van der Waals surface area contributed by atoms with Gasteiger partial charge in [0.25, 0.3) is 11.5 Å². The number of allylic oxidation sites excluding steroid dienone is 1. The van der Waals surface area contributed by atoms with Gasteiger partial charge >= 0.3 is 0 Å². The van der Waals surface area contributed by atoms with Crippen molar-refractivity contribution in [3.63, 3.8) is 0 Å². The molecule has 28 heavy (non-hydrogen) atoms. The maximum atomic E-state index is 13.5. The molecule has 0 bridgehead atoms. The predicted molar refractivity (Wildman–Crippen MR) is 105 cm³/mol. The zero-order valence-electron chi connectivity index (χ0n) is 15.7. The molecule has 1 fully saturated rings. The first-order valence-corrected chi connectivity index (χ1v) is 9.64. The number of hydrogen-bond acceptors (Lipinski definition) is 6. The summed E-state index contributed by atoms with van der Waals surface area (Å²) in [5, 5.41) is 6.23. The van der Waals surface area contributed by atoms with E-state index in [1.807, 2.05) is 6.92 Å². The highest BCUT2D eigenvalue weighted by Gasteiger charge is 2.51. The number of hydrogen-bond donors (Lipinski definition) is 3. The molecule has 3 heterocycles. The summed E-state index contributed by atoms with van der Waals surface area (Å²) in [7, 11) is 0. The van der Waals surface area contributed by atoms with Crippen LogP contribution in [0.5, 0.6) is 0 Å². The molecule has 2 aromatic heterocycles. The largest absolute Gasteiger partial charge is 0.384 e. The molecule has 2 aromatic rings. The zero-order chi connectivity index (χ0) is 19.5. The molecule has 8 heteroatoms. The molecule has 2 aliphatic carbocycles. The minimum absolute atomic E-state index is 0.180. The van der Waals surface area contributed by atoms with E-state index in [0.717, 1.165) is 37.7 Å². The second kappa shape index (κ2) is 5.92. The fourth-order valence-corrected chi connectivity index (χ4v) is 4.56. The SMILES string of the molecule is Cc1cc(Nc2cc(N)ncn2)c(=O)n2c1C(=O)NC21CCCC=C1C1CC1. The molecule has 3 aliphatic rings. The molecular weight excluding hydrogens is 356 g/mol. The van der Waals surface area contributed by atoms with Gasteiger partial charge in [-0.1, -0.05) is 6.08 Å². The number of nitrogen functional groups attached to an aromatic ring is 1. The maximum Gasteiger partial charge on any atom is 0.277 e. The minimum Gasteiger partial charge on any atom is -0.384 e. The van der Waals surface area contributed by atoms with Crippen molar-refractivity contribution in [3.05, 3.63) is 51.7 Å². The minimum atomic E-state index is -0.740. The molecule has 8 nitrogen and oxygen atoms in total. The Morgan fingerprint density at radius 2 is 2.11 bits per heavy atom. The first-order chi connectivity index (χ1) is 13.5. The van der Waals surface area contributed by atoms with Crippen LogP contribution in [0.1, 0.15) is 48.2 Å². The summed E-state index contributed by atoms with van der Waals surface area (Å²) in [5.41, 5.74) is 7.51. The second-order valence-corrected chi connectivity index (χ2v) is 7.82. The van der Waals surface area contributed by atoms with Gasteiger partial charge in [0.1, 0.15) is 35.0 Å². The van der Waals surface area contributed by atoms with Gasteiger partial charge in [-0.25, -0.2) is 9.97 Å². The summed E-state index contributed by atoms with van der Waals surface area (Å²) < 4.78 is 1.68. The summed E-state index contributed by atoms with van der Waals surface area (Å²) in [4.78, 5) is 34.4. The first-order valence-electron chi connectivity index (χ1n) is 9.64.